The number of furan rings is 1. The maximum atomic E-state index is 12.2. The smallest absolute Gasteiger partial charge is 0.271 e. The molecule has 6 nitrogen and oxygen atoms in total. The molecular weight excluding hydrogens is 352 g/mol. The van der Waals surface area contributed by atoms with Crippen LogP contribution in [0.2, 0.25) is 0 Å². The van der Waals surface area contributed by atoms with E-state index < -0.39 is 0 Å². The predicted octanol–water partition coefficient (Wildman–Crippen LogP) is 3.64. The first kappa shape index (κ1) is 19.8. The number of aromatic amines is 1. The number of hydrogen-bond donors (Lipinski definition) is 3. The second-order valence-corrected chi connectivity index (χ2v) is 6.28. The first-order chi connectivity index (χ1) is 12.0. The van der Waals surface area contributed by atoms with Gasteiger partial charge in [-0.05, 0) is 29.2 Å². The van der Waals surface area contributed by atoms with Crippen molar-refractivity contribution in [2.24, 2.45) is 5.73 Å². The maximum Gasteiger partial charge on any atom is 0.271 e. The van der Waals surface area contributed by atoms with Gasteiger partial charge in [-0.1, -0.05) is 38.1 Å². The van der Waals surface area contributed by atoms with E-state index in [1.807, 2.05) is 12.1 Å². The van der Waals surface area contributed by atoms with Crippen LogP contribution in [-0.2, 0) is 0 Å². The fourth-order valence-corrected chi connectivity index (χ4v) is 2.54. The number of nitrogens with two attached hydrogens (primary N) is 1. The summed E-state index contributed by atoms with van der Waals surface area (Å²) in [5, 5.41) is 9.62. The van der Waals surface area contributed by atoms with Crippen molar-refractivity contribution in [1.29, 1.82) is 0 Å². The lowest BCUT2D eigenvalue weighted by molar-refractivity contribution is 0.0946. The van der Waals surface area contributed by atoms with Crippen LogP contribution < -0.4 is 11.1 Å². The van der Waals surface area contributed by atoms with E-state index in [2.05, 4.69) is 41.5 Å². The molecule has 0 aliphatic carbocycles. The van der Waals surface area contributed by atoms with Gasteiger partial charge in [-0.3, -0.25) is 9.89 Å². The molecule has 4 N–H and O–H groups in total. The predicted molar refractivity (Wildman–Crippen MR) is 103 cm³/mol. The Hall–Kier alpha value is -2.57. The van der Waals surface area contributed by atoms with Gasteiger partial charge >= 0.3 is 0 Å². The summed E-state index contributed by atoms with van der Waals surface area (Å²) >= 11 is 0. The molecule has 1 aromatic carbocycles. The van der Waals surface area contributed by atoms with Gasteiger partial charge < -0.3 is 15.5 Å². The van der Waals surface area contributed by atoms with Gasteiger partial charge in [0, 0.05) is 18.7 Å². The van der Waals surface area contributed by atoms with E-state index in [0.29, 0.717) is 29.6 Å². The molecule has 3 rings (SSSR count). The highest BCUT2D eigenvalue weighted by molar-refractivity contribution is 5.93. The number of halogens is 1. The number of aromatic nitrogens is 2. The van der Waals surface area contributed by atoms with Crippen molar-refractivity contribution in [3.05, 3.63) is 65.5 Å². The lowest BCUT2D eigenvalue weighted by Crippen LogP contribution is -2.32. The van der Waals surface area contributed by atoms with E-state index in [9.17, 15) is 4.79 Å². The Balaban J connectivity index is 0.00000243. The second-order valence-electron chi connectivity index (χ2n) is 6.28. The normalized spacial score (nSPS) is 11.8. The molecule has 2 heterocycles. The van der Waals surface area contributed by atoms with E-state index >= 15 is 0 Å². The number of rotatable bonds is 6. The van der Waals surface area contributed by atoms with E-state index in [0.717, 1.165) is 5.56 Å². The van der Waals surface area contributed by atoms with Gasteiger partial charge in [0.15, 0.2) is 11.5 Å². The van der Waals surface area contributed by atoms with Crippen molar-refractivity contribution in [1.82, 2.24) is 15.5 Å². The molecule has 1 atom stereocenters. The molecule has 2 aromatic heterocycles. The van der Waals surface area contributed by atoms with Crippen molar-refractivity contribution >= 4 is 18.3 Å². The number of benzene rings is 1. The number of nitrogens with zero attached hydrogens (tertiary/aromatic N) is 1. The summed E-state index contributed by atoms with van der Waals surface area (Å²) in [4.78, 5) is 12.2. The van der Waals surface area contributed by atoms with Gasteiger partial charge in [-0.15, -0.1) is 12.4 Å². The fraction of sp³-hybridized carbons (Fsp3) is 0.263. The molecule has 0 saturated heterocycles. The number of nitrogens with one attached hydrogen (secondary N) is 2. The minimum absolute atomic E-state index is 0. The first-order valence-corrected chi connectivity index (χ1v) is 8.27. The SMILES string of the molecule is CC(C)c1ccc(C(N)CNC(=O)c2cc(-c3ccco3)[nH]n2)cc1.Cl. The Morgan fingerprint density at radius 2 is 1.92 bits per heavy atom. The summed E-state index contributed by atoms with van der Waals surface area (Å²) in [5.74, 6) is 0.838. The van der Waals surface area contributed by atoms with Crippen LogP contribution in [0, 0.1) is 0 Å². The largest absolute Gasteiger partial charge is 0.463 e. The average molecular weight is 375 g/mol. The van der Waals surface area contributed by atoms with E-state index in [1.165, 1.54) is 5.56 Å². The standard InChI is InChI=1S/C19H22N4O2.ClH/c1-12(2)13-5-7-14(8-6-13)15(20)11-21-19(24)17-10-16(22-23-17)18-4-3-9-25-18;/h3-10,12,15H,11,20H2,1-2H3,(H,21,24)(H,22,23);1H. The van der Waals surface area contributed by atoms with Crippen LogP contribution >= 0.6 is 12.4 Å². The summed E-state index contributed by atoms with van der Waals surface area (Å²) in [6.07, 6.45) is 1.57. The van der Waals surface area contributed by atoms with Crippen molar-refractivity contribution in [2.75, 3.05) is 6.54 Å². The maximum absolute atomic E-state index is 12.2. The topological polar surface area (TPSA) is 96.9 Å². The molecule has 0 aliphatic rings. The van der Waals surface area contributed by atoms with Crippen LogP contribution in [-0.4, -0.2) is 22.6 Å². The minimum atomic E-state index is -0.275. The van der Waals surface area contributed by atoms with Gasteiger partial charge in [0.05, 0.1) is 6.26 Å². The van der Waals surface area contributed by atoms with Crippen LogP contribution in [0.5, 0.6) is 0 Å². The van der Waals surface area contributed by atoms with Gasteiger partial charge in [0.2, 0.25) is 0 Å². The molecular formula is C19H23ClN4O2. The van der Waals surface area contributed by atoms with Crippen LogP contribution in [0.3, 0.4) is 0 Å². The van der Waals surface area contributed by atoms with Crippen molar-refractivity contribution in [3.8, 4) is 11.5 Å². The molecule has 26 heavy (non-hydrogen) atoms. The Morgan fingerprint density at radius 3 is 2.54 bits per heavy atom. The Labute approximate surface area is 158 Å². The minimum Gasteiger partial charge on any atom is -0.463 e. The number of amides is 1. The molecule has 0 bridgehead atoms. The zero-order valence-corrected chi connectivity index (χ0v) is 15.5. The summed E-state index contributed by atoms with van der Waals surface area (Å²) in [6.45, 7) is 4.63. The first-order valence-electron chi connectivity index (χ1n) is 8.27. The second kappa shape index (κ2) is 8.69. The monoisotopic (exact) mass is 374 g/mol. The Kier molecular flexibility index (Phi) is 6.60. The van der Waals surface area contributed by atoms with Gasteiger partial charge in [0.1, 0.15) is 5.69 Å². The summed E-state index contributed by atoms with van der Waals surface area (Å²) < 4.78 is 5.27. The Bertz CT molecular complexity index is 826. The zero-order valence-electron chi connectivity index (χ0n) is 14.7. The fourth-order valence-electron chi connectivity index (χ4n) is 2.54. The van der Waals surface area contributed by atoms with Gasteiger partial charge in [-0.25, -0.2) is 0 Å². The molecule has 138 valence electrons. The van der Waals surface area contributed by atoms with Crippen molar-refractivity contribution < 1.29 is 9.21 Å². The van der Waals surface area contributed by atoms with Gasteiger partial charge in [0.25, 0.3) is 5.91 Å². The molecule has 0 saturated carbocycles. The third-order valence-corrected chi connectivity index (χ3v) is 4.11. The highest BCUT2D eigenvalue weighted by Gasteiger charge is 2.14. The van der Waals surface area contributed by atoms with Gasteiger partial charge in [-0.2, -0.15) is 5.10 Å². The quantitative estimate of drug-likeness (QED) is 0.613. The lowest BCUT2D eigenvalue weighted by atomic mass is 9.99. The number of hydrogen-bond acceptors (Lipinski definition) is 4. The van der Waals surface area contributed by atoms with Crippen molar-refractivity contribution in [2.45, 2.75) is 25.8 Å². The highest BCUT2D eigenvalue weighted by atomic mass is 35.5. The molecule has 0 aliphatic heterocycles. The third kappa shape index (κ3) is 4.53. The van der Waals surface area contributed by atoms with Crippen molar-refractivity contribution in [3.63, 3.8) is 0 Å². The molecule has 0 radical (unpaired) electrons. The lowest BCUT2D eigenvalue weighted by Gasteiger charge is -2.14. The van der Waals surface area contributed by atoms with E-state index in [4.69, 9.17) is 10.2 Å². The molecule has 3 aromatic rings. The van der Waals surface area contributed by atoms with E-state index in [-0.39, 0.29) is 24.4 Å². The molecule has 7 heteroatoms. The average Bonchev–Trinajstić information content (AvgIpc) is 3.30. The van der Waals surface area contributed by atoms with Crippen LogP contribution in [0.4, 0.5) is 0 Å². The number of carbonyl (C=O) groups excluding carboxylic acids is 1. The zero-order chi connectivity index (χ0) is 17.8. The number of H-pyrrole nitrogens is 1. The van der Waals surface area contributed by atoms with Crippen LogP contribution in [0.15, 0.2) is 53.1 Å². The van der Waals surface area contributed by atoms with E-state index in [1.54, 1.807) is 24.5 Å². The summed E-state index contributed by atoms with van der Waals surface area (Å²) in [6, 6.07) is 13.1. The molecule has 1 unspecified atom stereocenters. The number of carbonyl (C=O) groups is 1. The Morgan fingerprint density at radius 1 is 1.23 bits per heavy atom. The summed E-state index contributed by atoms with van der Waals surface area (Å²) in [7, 11) is 0. The molecule has 0 spiro atoms. The summed E-state index contributed by atoms with van der Waals surface area (Å²) in [5.41, 5.74) is 9.38. The molecule has 0 fully saturated rings. The molecule has 1 amide bonds. The highest BCUT2D eigenvalue weighted by Crippen LogP contribution is 2.19. The third-order valence-electron chi connectivity index (χ3n) is 4.11. The van der Waals surface area contributed by atoms with Crippen LogP contribution in [0.25, 0.3) is 11.5 Å². The van der Waals surface area contributed by atoms with Crippen LogP contribution in [0.1, 0.15) is 47.4 Å².